The van der Waals surface area contributed by atoms with Gasteiger partial charge in [0.2, 0.25) is 5.91 Å². The summed E-state index contributed by atoms with van der Waals surface area (Å²) in [6.07, 6.45) is -0.645. The van der Waals surface area contributed by atoms with Crippen molar-refractivity contribution < 1.29 is 33.4 Å². The molecule has 26 heavy (non-hydrogen) atoms. The first-order valence-electron chi connectivity index (χ1n) is 7.88. The minimum Gasteiger partial charge on any atom is -0.461 e. The fraction of sp³-hybridized carbons (Fsp3) is 0.600. The number of ether oxygens (including phenoxy) is 3. The average molecular weight is 387 g/mol. The minimum atomic E-state index is -0.797. The Kier molecular flexibility index (Phi) is 6.48. The van der Waals surface area contributed by atoms with Gasteiger partial charge in [-0.2, -0.15) is 0 Å². The van der Waals surface area contributed by atoms with Gasteiger partial charge >= 0.3 is 18.0 Å². The molecule has 10 nitrogen and oxygen atoms in total. The van der Waals surface area contributed by atoms with E-state index in [1.54, 1.807) is 6.92 Å². The summed E-state index contributed by atoms with van der Waals surface area (Å²) >= 11 is 1.38. The van der Waals surface area contributed by atoms with E-state index in [0.29, 0.717) is 11.3 Å². The number of fused-ring (bicyclic) bond motifs is 1. The van der Waals surface area contributed by atoms with Crippen LogP contribution in [0.1, 0.15) is 13.8 Å². The maximum atomic E-state index is 12.5. The van der Waals surface area contributed by atoms with E-state index in [1.165, 1.54) is 30.6 Å². The summed E-state index contributed by atoms with van der Waals surface area (Å²) in [6, 6.07) is -0.694. The first-order valence-corrected chi connectivity index (χ1v) is 8.93. The molecule has 2 aliphatic heterocycles. The summed E-state index contributed by atoms with van der Waals surface area (Å²) in [6.45, 7) is 2.60. The lowest BCUT2D eigenvalue weighted by Crippen LogP contribution is -2.68. The third-order valence-electron chi connectivity index (χ3n) is 3.70. The summed E-state index contributed by atoms with van der Waals surface area (Å²) in [5.41, 5.74) is 6.22. The van der Waals surface area contributed by atoms with Crippen LogP contribution in [0.2, 0.25) is 0 Å². The molecule has 2 rings (SSSR count). The van der Waals surface area contributed by atoms with Crippen LogP contribution in [0.25, 0.3) is 0 Å². The topological polar surface area (TPSA) is 128 Å². The Labute approximate surface area is 154 Å². The largest absolute Gasteiger partial charge is 0.461 e. The van der Waals surface area contributed by atoms with Crippen LogP contribution in [-0.2, 0) is 28.6 Å². The number of carbonyl (C=O) groups excluding carboxylic acids is 4. The van der Waals surface area contributed by atoms with Gasteiger partial charge in [0, 0.05) is 25.3 Å². The first kappa shape index (κ1) is 20.0. The highest BCUT2D eigenvalue weighted by molar-refractivity contribution is 8.00. The van der Waals surface area contributed by atoms with Crippen LogP contribution < -0.4 is 5.73 Å². The molecule has 1 fully saturated rings. The lowest BCUT2D eigenvalue weighted by molar-refractivity contribution is -0.153. The number of nitrogens with two attached hydrogens (primary N) is 1. The Bertz CT molecular complexity index is 651. The lowest BCUT2D eigenvalue weighted by Gasteiger charge is -2.48. The zero-order valence-corrected chi connectivity index (χ0v) is 15.5. The maximum Gasteiger partial charge on any atom is 0.412 e. The Balaban J connectivity index is 2.13. The van der Waals surface area contributed by atoms with Crippen LogP contribution in [0.3, 0.4) is 0 Å². The van der Waals surface area contributed by atoms with Gasteiger partial charge in [-0.05, 0) is 6.92 Å². The second-order valence-electron chi connectivity index (χ2n) is 5.63. The number of amides is 2. The third-order valence-corrected chi connectivity index (χ3v) is 5.06. The molecule has 0 saturated carbocycles. The van der Waals surface area contributed by atoms with Gasteiger partial charge < -0.3 is 19.9 Å². The van der Waals surface area contributed by atoms with Gasteiger partial charge in [-0.15, -0.1) is 11.8 Å². The molecule has 2 aliphatic rings. The Morgan fingerprint density at radius 1 is 1.31 bits per heavy atom. The maximum absolute atomic E-state index is 12.5. The van der Waals surface area contributed by atoms with Crippen LogP contribution in [0, 0.1) is 0 Å². The lowest BCUT2D eigenvalue weighted by atomic mass is 10.0. The normalized spacial score (nSPS) is 21.5. The van der Waals surface area contributed by atoms with E-state index >= 15 is 0 Å². The molecule has 144 valence electrons. The zero-order chi connectivity index (χ0) is 19.4. The fourth-order valence-corrected chi connectivity index (χ4v) is 3.65. The summed E-state index contributed by atoms with van der Waals surface area (Å²) in [5, 5.41) is -0.367. The van der Waals surface area contributed by atoms with Crippen molar-refractivity contribution in [3.63, 3.8) is 0 Å². The van der Waals surface area contributed by atoms with Crippen molar-refractivity contribution in [3.8, 4) is 0 Å². The molecule has 2 unspecified atom stereocenters. The first-order chi connectivity index (χ1) is 12.3. The molecule has 2 atom stereocenters. The van der Waals surface area contributed by atoms with E-state index in [1.807, 2.05) is 0 Å². The van der Waals surface area contributed by atoms with Crippen LogP contribution in [0.5, 0.6) is 0 Å². The standard InChI is InChI=1S/C15H21N3O7S/c1-4-23-15(22)17(3)7-25-14(21)11-9(5-24-8(2)19)6-26-13-10(16)12(20)18(11)13/h10,13H,4-7,16H2,1-3H3. The number of hydrogen-bond donors (Lipinski definition) is 1. The number of nitrogens with zero attached hydrogens (tertiary/aromatic N) is 2. The quantitative estimate of drug-likeness (QED) is 0.281. The van der Waals surface area contributed by atoms with Gasteiger partial charge in [0.05, 0.1) is 6.61 Å². The molecule has 0 radical (unpaired) electrons. The summed E-state index contributed by atoms with van der Waals surface area (Å²) < 4.78 is 14.9. The molecule has 0 bridgehead atoms. The highest BCUT2D eigenvalue weighted by Gasteiger charge is 2.52. The highest BCUT2D eigenvalue weighted by Crippen LogP contribution is 2.39. The zero-order valence-electron chi connectivity index (χ0n) is 14.7. The van der Waals surface area contributed by atoms with Crippen LogP contribution in [0.4, 0.5) is 4.79 Å². The van der Waals surface area contributed by atoms with E-state index in [2.05, 4.69) is 0 Å². The number of rotatable bonds is 6. The van der Waals surface area contributed by atoms with Crippen molar-refractivity contribution >= 4 is 35.7 Å². The van der Waals surface area contributed by atoms with Gasteiger partial charge in [-0.1, -0.05) is 0 Å². The van der Waals surface area contributed by atoms with Gasteiger partial charge in [0.15, 0.2) is 6.73 Å². The molecule has 2 amide bonds. The number of esters is 2. The van der Waals surface area contributed by atoms with Gasteiger partial charge in [0.25, 0.3) is 0 Å². The Morgan fingerprint density at radius 2 is 2.00 bits per heavy atom. The molecule has 0 aromatic carbocycles. The van der Waals surface area contributed by atoms with Crippen molar-refractivity contribution in [2.75, 3.05) is 32.7 Å². The second kappa shape index (κ2) is 8.41. The number of thioether (sulfide) groups is 1. The summed E-state index contributed by atoms with van der Waals surface area (Å²) in [5.74, 6) is -1.35. The fourth-order valence-electron chi connectivity index (χ4n) is 2.38. The van der Waals surface area contributed by atoms with Crippen LogP contribution in [0.15, 0.2) is 11.3 Å². The van der Waals surface area contributed by atoms with Gasteiger partial charge in [-0.25, -0.2) is 9.59 Å². The predicted octanol–water partition coefficient (Wildman–Crippen LogP) is -0.365. The van der Waals surface area contributed by atoms with Crippen molar-refractivity contribution in [3.05, 3.63) is 11.3 Å². The van der Waals surface area contributed by atoms with Crippen LogP contribution >= 0.6 is 11.8 Å². The van der Waals surface area contributed by atoms with Crippen molar-refractivity contribution in [1.29, 1.82) is 0 Å². The van der Waals surface area contributed by atoms with Gasteiger partial charge in [-0.3, -0.25) is 19.4 Å². The number of β-lactam (4-membered cyclic amide) rings is 1. The summed E-state index contributed by atoms with van der Waals surface area (Å²) in [7, 11) is 1.41. The molecule has 2 N–H and O–H groups in total. The molecular formula is C15H21N3O7S. The molecule has 0 spiro atoms. The van der Waals surface area contributed by atoms with E-state index in [0.717, 1.165) is 4.90 Å². The Morgan fingerprint density at radius 3 is 2.62 bits per heavy atom. The molecular weight excluding hydrogens is 366 g/mol. The predicted molar refractivity (Wildman–Crippen MR) is 90.5 cm³/mol. The number of carbonyl (C=O) groups is 4. The highest BCUT2D eigenvalue weighted by atomic mass is 32.2. The number of hydrogen-bond acceptors (Lipinski definition) is 9. The minimum absolute atomic E-state index is 0.0129. The average Bonchev–Trinajstić information content (AvgIpc) is 2.62. The van der Waals surface area contributed by atoms with E-state index in [-0.39, 0.29) is 31.0 Å². The van der Waals surface area contributed by atoms with Crippen molar-refractivity contribution in [1.82, 2.24) is 9.80 Å². The molecule has 11 heteroatoms. The third kappa shape index (κ3) is 4.10. The van der Waals surface area contributed by atoms with Crippen molar-refractivity contribution in [2.24, 2.45) is 5.73 Å². The molecule has 0 aromatic rings. The molecule has 1 saturated heterocycles. The smallest absolute Gasteiger partial charge is 0.412 e. The SMILES string of the molecule is CCOC(=O)N(C)COC(=O)C1=C(COC(C)=O)CSC2C(N)C(=O)N12. The van der Waals surface area contributed by atoms with E-state index in [9.17, 15) is 19.2 Å². The van der Waals surface area contributed by atoms with Crippen LogP contribution in [-0.4, -0.2) is 77.9 Å². The van der Waals surface area contributed by atoms with E-state index < -0.39 is 30.0 Å². The van der Waals surface area contributed by atoms with E-state index in [4.69, 9.17) is 19.9 Å². The molecule has 2 heterocycles. The second-order valence-corrected chi connectivity index (χ2v) is 6.73. The van der Waals surface area contributed by atoms with Gasteiger partial charge in [0.1, 0.15) is 23.7 Å². The molecule has 0 aromatic heterocycles. The monoisotopic (exact) mass is 387 g/mol. The molecule has 0 aliphatic carbocycles. The Hall–Kier alpha value is -2.27. The van der Waals surface area contributed by atoms with Crippen molar-refractivity contribution in [2.45, 2.75) is 25.3 Å². The summed E-state index contributed by atoms with van der Waals surface area (Å²) in [4.78, 5) is 49.6.